The van der Waals surface area contributed by atoms with Gasteiger partial charge in [0.05, 0.1) is 11.5 Å². The lowest BCUT2D eigenvalue weighted by Crippen LogP contribution is -2.01. The van der Waals surface area contributed by atoms with E-state index in [0.29, 0.717) is 5.56 Å². The van der Waals surface area contributed by atoms with Gasteiger partial charge >= 0.3 is 0 Å². The molecule has 0 saturated carbocycles. The summed E-state index contributed by atoms with van der Waals surface area (Å²) in [5.41, 5.74) is 2.41. The predicted molar refractivity (Wildman–Crippen MR) is 78.1 cm³/mol. The van der Waals surface area contributed by atoms with Crippen LogP contribution >= 0.6 is 0 Å². The fourth-order valence-electron chi connectivity index (χ4n) is 1.59. The SMILES string of the molecule is Cc1cccc(S(=O)(=O)O)c1C.OCc1ccccc1. The van der Waals surface area contributed by atoms with Crippen LogP contribution in [0.4, 0.5) is 0 Å². The summed E-state index contributed by atoms with van der Waals surface area (Å²) in [5, 5.41) is 8.54. The van der Waals surface area contributed by atoms with Gasteiger partial charge in [0.15, 0.2) is 0 Å². The normalized spacial score (nSPS) is 10.6. The van der Waals surface area contributed by atoms with Gasteiger partial charge in [0.2, 0.25) is 0 Å². The Kier molecular flexibility index (Phi) is 5.88. The molecule has 0 aliphatic carbocycles. The highest BCUT2D eigenvalue weighted by Gasteiger charge is 2.12. The molecule has 2 aromatic rings. The van der Waals surface area contributed by atoms with Crippen molar-refractivity contribution in [2.75, 3.05) is 0 Å². The molecule has 20 heavy (non-hydrogen) atoms. The molecule has 2 N–H and O–H groups in total. The molecule has 5 heteroatoms. The second kappa shape index (κ2) is 7.19. The zero-order chi connectivity index (χ0) is 15.2. The lowest BCUT2D eigenvalue weighted by molar-refractivity contribution is 0.282. The fourth-order valence-corrected chi connectivity index (χ4v) is 2.39. The minimum atomic E-state index is -4.06. The Bertz CT molecular complexity index is 649. The lowest BCUT2D eigenvalue weighted by Gasteiger charge is -2.03. The van der Waals surface area contributed by atoms with E-state index in [2.05, 4.69) is 0 Å². The maximum Gasteiger partial charge on any atom is 0.294 e. The van der Waals surface area contributed by atoms with Crippen LogP contribution in [0, 0.1) is 13.8 Å². The number of aliphatic hydroxyl groups excluding tert-OH is 1. The number of hydrogen-bond donors (Lipinski definition) is 2. The molecule has 0 aliphatic heterocycles. The van der Waals surface area contributed by atoms with Gasteiger partial charge in [-0.25, -0.2) is 0 Å². The molecule has 0 fully saturated rings. The summed E-state index contributed by atoms with van der Waals surface area (Å²) in [6.07, 6.45) is 0. The van der Waals surface area contributed by atoms with E-state index in [1.165, 1.54) is 6.07 Å². The molecule has 0 spiro atoms. The van der Waals surface area contributed by atoms with E-state index in [0.717, 1.165) is 11.1 Å². The van der Waals surface area contributed by atoms with Crippen molar-refractivity contribution in [3.63, 3.8) is 0 Å². The summed E-state index contributed by atoms with van der Waals surface area (Å²) in [7, 11) is -4.06. The van der Waals surface area contributed by atoms with Crippen LogP contribution in [0.15, 0.2) is 53.4 Å². The first-order valence-corrected chi connectivity index (χ1v) is 7.48. The second-order valence-corrected chi connectivity index (χ2v) is 5.71. The molecule has 0 saturated heterocycles. The van der Waals surface area contributed by atoms with Crippen molar-refractivity contribution in [3.05, 3.63) is 65.2 Å². The van der Waals surface area contributed by atoms with E-state index in [1.807, 2.05) is 30.3 Å². The van der Waals surface area contributed by atoms with Gasteiger partial charge in [-0.1, -0.05) is 42.5 Å². The van der Waals surface area contributed by atoms with Crippen molar-refractivity contribution in [2.45, 2.75) is 25.3 Å². The van der Waals surface area contributed by atoms with Crippen LogP contribution in [-0.2, 0) is 16.7 Å². The molecule has 0 unspecified atom stereocenters. The van der Waals surface area contributed by atoms with Gasteiger partial charge in [-0.3, -0.25) is 4.55 Å². The van der Waals surface area contributed by atoms with Crippen molar-refractivity contribution in [3.8, 4) is 0 Å². The van der Waals surface area contributed by atoms with Crippen molar-refractivity contribution in [1.29, 1.82) is 0 Å². The molecular formula is C15H18O4S. The van der Waals surface area contributed by atoms with Gasteiger partial charge < -0.3 is 5.11 Å². The van der Waals surface area contributed by atoms with Crippen molar-refractivity contribution >= 4 is 10.1 Å². The summed E-state index contributed by atoms with van der Waals surface area (Å²) >= 11 is 0. The van der Waals surface area contributed by atoms with Gasteiger partial charge in [0.25, 0.3) is 10.1 Å². The predicted octanol–water partition coefficient (Wildman–Crippen LogP) is 2.73. The maximum absolute atomic E-state index is 10.8. The van der Waals surface area contributed by atoms with Crippen molar-refractivity contribution in [2.24, 2.45) is 0 Å². The molecule has 0 aliphatic rings. The monoisotopic (exact) mass is 294 g/mol. The molecule has 2 rings (SSSR count). The van der Waals surface area contributed by atoms with E-state index in [9.17, 15) is 8.42 Å². The third kappa shape index (κ3) is 4.77. The second-order valence-electron chi connectivity index (χ2n) is 4.32. The summed E-state index contributed by atoms with van der Waals surface area (Å²) < 4.78 is 30.3. The first-order chi connectivity index (χ1) is 9.36. The molecule has 4 nitrogen and oxygen atoms in total. The van der Waals surface area contributed by atoms with Crippen LogP contribution in [0.3, 0.4) is 0 Å². The van der Waals surface area contributed by atoms with E-state index in [1.54, 1.807) is 26.0 Å². The average Bonchev–Trinajstić information content (AvgIpc) is 2.42. The van der Waals surface area contributed by atoms with E-state index >= 15 is 0 Å². The molecule has 0 bridgehead atoms. The minimum Gasteiger partial charge on any atom is -0.392 e. The maximum atomic E-state index is 10.8. The summed E-state index contributed by atoms with van der Waals surface area (Å²) in [5.74, 6) is 0. The molecule has 108 valence electrons. The highest BCUT2D eigenvalue weighted by atomic mass is 32.2. The number of hydrogen-bond acceptors (Lipinski definition) is 3. The lowest BCUT2D eigenvalue weighted by atomic mass is 10.1. The Balaban J connectivity index is 0.000000217. The Morgan fingerprint density at radius 2 is 1.55 bits per heavy atom. The zero-order valence-electron chi connectivity index (χ0n) is 11.4. The Labute approximate surface area is 119 Å². The molecule has 0 aromatic heterocycles. The van der Waals surface area contributed by atoms with Gasteiger partial charge in [-0.2, -0.15) is 8.42 Å². The van der Waals surface area contributed by atoms with Gasteiger partial charge in [0.1, 0.15) is 0 Å². The highest BCUT2D eigenvalue weighted by Crippen LogP contribution is 2.17. The van der Waals surface area contributed by atoms with Crippen LogP contribution in [0.5, 0.6) is 0 Å². The van der Waals surface area contributed by atoms with Gasteiger partial charge in [-0.15, -0.1) is 0 Å². The average molecular weight is 294 g/mol. The van der Waals surface area contributed by atoms with Gasteiger partial charge in [-0.05, 0) is 36.6 Å². The molecule has 0 amide bonds. The Hall–Kier alpha value is -1.69. The number of rotatable bonds is 2. The number of aliphatic hydroxyl groups is 1. The van der Waals surface area contributed by atoms with Crippen LogP contribution in [0.2, 0.25) is 0 Å². The van der Waals surface area contributed by atoms with Gasteiger partial charge in [0, 0.05) is 0 Å². The van der Waals surface area contributed by atoms with Crippen molar-refractivity contribution < 1.29 is 18.1 Å². The smallest absolute Gasteiger partial charge is 0.294 e. The molecule has 0 heterocycles. The Morgan fingerprint density at radius 3 is 1.95 bits per heavy atom. The van der Waals surface area contributed by atoms with E-state index < -0.39 is 10.1 Å². The van der Waals surface area contributed by atoms with Crippen molar-refractivity contribution in [1.82, 2.24) is 0 Å². The number of benzene rings is 2. The largest absolute Gasteiger partial charge is 0.392 e. The first kappa shape index (κ1) is 16.4. The van der Waals surface area contributed by atoms with Crippen LogP contribution < -0.4 is 0 Å². The zero-order valence-corrected chi connectivity index (χ0v) is 12.3. The first-order valence-electron chi connectivity index (χ1n) is 6.04. The Morgan fingerprint density at radius 1 is 0.950 bits per heavy atom. The summed E-state index contributed by atoms with van der Waals surface area (Å²) in [4.78, 5) is -0.0116. The van der Waals surface area contributed by atoms with Crippen LogP contribution in [0.1, 0.15) is 16.7 Å². The van der Waals surface area contributed by atoms with Crippen LogP contribution in [0.25, 0.3) is 0 Å². The van der Waals surface area contributed by atoms with E-state index in [-0.39, 0.29) is 11.5 Å². The highest BCUT2D eigenvalue weighted by molar-refractivity contribution is 7.85. The standard InChI is InChI=1S/C8H10O3S.C7H8O/c1-6-4-3-5-8(7(6)2)12(9,10)11;8-6-7-4-2-1-3-5-7/h3-5H,1-2H3,(H,9,10,11);1-5,8H,6H2. The third-order valence-electron chi connectivity index (χ3n) is 2.86. The summed E-state index contributed by atoms with van der Waals surface area (Å²) in [6, 6.07) is 14.3. The quantitative estimate of drug-likeness (QED) is 0.835. The molecule has 2 aromatic carbocycles. The molecule has 0 radical (unpaired) electrons. The molecule has 0 atom stereocenters. The fraction of sp³-hybridized carbons (Fsp3) is 0.200. The summed E-state index contributed by atoms with van der Waals surface area (Å²) in [6.45, 7) is 3.60. The van der Waals surface area contributed by atoms with E-state index in [4.69, 9.17) is 9.66 Å². The minimum absolute atomic E-state index is 0.0116. The number of aryl methyl sites for hydroxylation is 1. The van der Waals surface area contributed by atoms with Crippen LogP contribution in [-0.4, -0.2) is 18.1 Å². The topological polar surface area (TPSA) is 74.6 Å². The molecular weight excluding hydrogens is 276 g/mol. The third-order valence-corrected chi connectivity index (χ3v) is 3.86.